The zero-order chi connectivity index (χ0) is 16.8. The first kappa shape index (κ1) is 16.4. The molecule has 1 aromatic heterocycles. The second-order valence-corrected chi connectivity index (χ2v) is 5.78. The number of amides is 1. The summed E-state index contributed by atoms with van der Waals surface area (Å²) in [6.07, 6.45) is 4.96. The van der Waals surface area contributed by atoms with Gasteiger partial charge < -0.3 is 20.5 Å². The van der Waals surface area contributed by atoms with Crippen LogP contribution in [0.4, 0.5) is 5.69 Å². The van der Waals surface area contributed by atoms with E-state index >= 15 is 0 Å². The van der Waals surface area contributed by atoms with Crippen molar-refractivity contribution >= 4 is 11.6 Å². The first-order valence-electron chi connectivity index (χ1n) is 8.04. The quantitative estimate of drug-likeness (QED) is 0.881. The number of anilines is 1. The smallest absolute Gasteiger partial charge is 0.241 e. The average Bonchev–Trinajstić information content (AvgIpc) is 2.63. The van der Waals surface area contributed by atoms with E-state index in [0.29, 0.717) is 30.4 Å². The van der Waals surface area contributed by atoms with Gasteiger partial charge in [0.1, 0.15) is 11.5 Å². The van der Waals surface area contributed by atoms with Crippen LogP contribution in [-0.2, 0) is 9.53 Å². The van der Waals surface area contributed by atoms with Gasteiger partial charge in [0.25, 0.3) is 0 Å². The molecule has 1 unspecified atom stereocenters. The lowest BCUT2D eigenvalue weighted by atomic mass is 9.92. The summed E-state index contributed by atoms with van der Waals surface area (Å²) in [5, 5.41) is 2.87. The summed E-state index contributed by atoms with van der Waals surface area (Å²) in [6.45, 7) is 1.34. The molecule has 126 valence electrons. The summed E-state index contributed by atoms with van der Waals surface area (Å²) in [4.78, 5) is 16.3. The first-order chi connectivity index (χ1) is 11.7. The summed E-state index contributed by atoms with van der Waals surface area (Å²) >= 11 is 0. The highest BCUT2D eigenvalue weighted by Gasteiger charge is 2.26. The molecule has 1 aliphatic heterocycles. The number of nitrogens with two attached hydrogens (primary N) is 1. The summed E-state index contributed by atoms with van der Waals surface area (Å²) in [5.74, 6) is 1.31. The highest BCUT2D eigenvalue weighted by Crippen LogP contribution is 2.24. The Balaban J connectivity index is 1.62. The molecule has 1 amide bonds. The van der Waals surface area contributed by atoms with Gasteiger partial charge in [-0.2, -0.15) is 0 Å². The molecule has 0 spiro atoms. The number of rotatable bonds is 5. The van der Waals surface area contributed by atoms with Crippen LogP contribution >= 0.6 is 0 Å². The number of pyridine rings is 1. The van der Waals surface area contributed by atoms with Crippen molar-refractivity contribution in [3.05, 3.63) is 48.8 Å². The lowest BCUT2D eigenvalue weighted by molar-refractivity contribution is -0.119. The van der Waals surface area contributed by atoms with Crippen LogP contribution in [0.3, 0.4) is 0 Å². The molecule has 1 atom stereocenters. The molecular formula is C18H21N3O3. The van der Waals surface area contributed by atoms with Crippen molar-refractivity contribution in [1.29, 1.82) is 0 Å². The van der Waals surface area contributed by atoms with Crippen molar-refractivity contribution in [2.45, 2.75) is 18.9 Å². The number of hydrogen-bond acceptors (Lipinski definition) is 5. The van der Waals surface area contributed by atoms with E-state index in [1.54, 1.807) is 30.6 Å². The highest BCUT2D eigenvalue weighted by atomic mass is 16.5. The Morgan fingerprint density at radius 3 is 2.71 bits per heavy atom. The van der Waals surface area contributed by atoms with E-state index in [4.69, 9.17) is 15.2 Å². The van der Waals surface area contributed by atoms with Gasteiger partial charge in [0.2, 0.25) is 5.91 Å². The van der Waals surface area contributed by atoms with Crippen molar-refractivity contribution in [3.63, 3.8) is 0 Å². The number of carbonyl (C=O) groups is 1. The van der Waals surface area contributed by atoms with Gasteiger partial charge in [-0.1, -0.05) is 6.07 Å². The highest BCUT2D eigenvalue weighted by molar-refractivity contribution is 5.95. The molecule has 0 saturated carbocycles. The molecule has 3 N–H and O–H groups in total. The monoisotopic (exact) mass is 327 g/mol. The molecule has 3 rings (SSSR count). The number of nitrogens with zero attached hydrogens (tertiary/aromatic N) is 1. The molecule has 0 radical (unpaired) electrons. The fourth-order valence-electron chi connectivity index (χ4n) is 2.69. The van der Waals surface area contributed by atoms with Crippen LogP contribution in [0.1, 0.15) is 12.8 Å². The largest absolute Gasteiger partial charge is 0.457 e. The first-order valence-corrected chi connectivity index (χ1v) is 8.04. The zero-order valence-electron chi connectivity index (χ0n) is 13.4. The lowest BCUT2D eigenvalue weighted by Crippen LogP contribution is -2.43. The van der Waals surface area contributed by atoms with Gasteiger partial charge in [-0.05, 0) is 43.0 Å². The number of hydrogen-bond donors (Lipinski definition) is 2. The number of nitrogens with one attached hydrogen (secondary N) is 1. The second kappa shape index (κ2) is 7.90. The molecule has 6 nitrogen and oxygen atoms in total. The SMILES string of the molecule is NC(C(=O)Nc1cccc(Oc2ccncc2)c1)C1CCOCC1. The predicted molar refractivity (Wildman–Crippen MR) is 90.9 cm³/mol. The molecule has 2 aromatic rings. The molecular weight excluding hydrogens is 306 g/mol. The Kier molecular flexibility index (Phi) is 5.40. The molecule has 6 heteroatoms. The summed E-state index contributed by atoms with van der Waals surface area (Å²) in [6, 6.07) is 10.3. The van der Waals surface area contributed by atoms with Crippen LogP contribution in [0.15, 0.2) is 48.8 Å². The molecule has 1 aromatic carbocycles. The van der Waals surface area contributed by atoms with Crippen LogP contribution in [-0.4, -0.2) is 30.1 Å². The third kappa shape index (κ3) is 4.31. The van der Waals surface area contributed by atoms with Crippen LogP contribution in [0, 0.1) is 5.92 Å². The van der Waals surface area contributed by atoms with Crippen molar-refractivity contribution in [2.24, 2.45) is 11.7 Å². The maximum absolute atomic E-state index is 12.4. The Bertz CT molecular complexity index is 672. The normalized spacial score (nSPS) is 16.4. The Hall–Kier alpha value is -2.44. The van der Waals surface area contributed by atoms with Crippen LogP contribution in [0.5, 0.6) is 11.5 Å². The minimum atomic E-state index is -0.529. The zero-order valence-corrected chi connectivity index (χ0v) is 13.4. The van der Waals surface area contributed by atoms with Crippen LogP contribution in [0.25, 0.3) is 0 Å². The fourth-order valence-corrected chi connectivity index (χ4v) is 2.69. The van der Waals surface area contributed by atoms with Gasteiger partial charge in [-0.15, -0.1) is 0 Å². The standard InChI is InChI=1S/C18H21N3O3/c19-17(13-6-10-23-11-7-13)18(22)21-14-2-1-3-16(12-14)24-15-4-8-20-9-5-15/h1-5,8-9,12-13,17H,6-7,10-11,19H2,(H,21,22). The molecule has 0 aliphatic carbocycles. The Labute approximate surface area is 141 Å². The van der Waals surface area contributed by atoms with E-state index < -0.39 is 6.04 Å². The van der Waals surface area contributed by atoms with Gasteiger partial charge in [0, 0.05) is 37.4 Å². The lowest BCUT2D eigenvalue weighted by Gasteiger charge is -2.26. The van der Waals surface area contributed by atoms with Gasteiger partial charge in [0.05, 0.1) is 6.04 Å². The topological polar surface area (TPSA) is 86.5 Å². The summed E-state index contributed by atoms with van der Waals surface area (Å²) in [5.41, 5.74) is 6.76. The molecule has 1 saturated heterocycles. The van der Waals surface area contributed by atoms with Gasteiger partial charge in [-0.25, -0.2) is 0 Å². The van der Waals surface area contributed by atoms with E-state index in [9.17, 15) is 4.79 Å². The average molecular weight is 327 g/mol. The molecule has 1 fully saturated rings. The van der Waals surface area contributed by atoms with Gasteiger partial charge in [0.15, 0.2) is 0 Å². The van der Waals surface area contributed by atoms with E-state index in [2.05, 4.69) is 10.3 Å². The van der Waals surface area contributed by atoms with Gasteiger partial charge in [-0.3, -0.25) is 9.78 Å². The Morgan fingerprint density at radius 2 is 1.96 bits per heavy atom. The number of aromatic nitrogens is 1. The number of ether oxygens (including phenoxy) is 2. The van der Waals surface area contributed by atoms with E-state index in [1.807, 2.05) is 18.2 Å². The maximum Gasteiger partial charge on any atom is 0.241 e. The fraction of sp³-hybridized carbons (Fsp3) is 0.333. The van der Waals surface area contributed by atoms with Crippen LogP contribution in [0.2, 0.25) is 0 Å². The molecule has 2 heterocycles. The Morgan fingerprint density at radius 1 is 1.21 bits per heavy atom. The summed E-state index contributed by atoms with van der Waals surface area (Å²) in [7, 11) is 0. The van der Waals surface area contributed by atoms with E-state index in [-0.39, 0.29) is 11.8 Å². The third-order valence-corrected chi connectivity index (χ3v) is 4.06. The van der Waals surface area contributed by atoms with E-state index in [1.165, 1.54) is 0 Å². The second-order valence-electron chi connectivity index (χ2n) is 5.78. The molecule has 1 aliphatic rings. The van der Waals surface area contributed by atoms with Crippen molar-refractivity contribution in [2.75, 3.05) is 18.5 Å². The predicted octanol–water partition coefficient (Wildman–Crippen LogP) is 2.57. The molecule has 0 bridgehead atoms. The maximum atomic E-state index is 12.4. The third-order valence-electron chi connectivity index (χ3n) is 4.06. The summed E-state index contributed by atoms with van der Waals surface area (Å²) < 4.78 is 11.1. The van der Waals surface area contributed by atoms with Gasteiger partial charge >= 0.3 is 0 Å². The van der Waals surface area contributed by atoms with E-state index in [0.717, 1.165) is 12.8 Å². The van der Waals surface area contributed by atoms with Crippen molar-refractivity contribution in [3.8, 4) is 11.5 Å². The van der Waals surface area contributed by atoms with Crippen molar-refractivity contribution in [1.82, 2.24) is 4.98 Å². The van der Waals surface area contributed by atoms with Crippen molar-refractivity contribution < 1.29 is 14.3 Å². The number of carbonyl (C=O) groups excluding carboxylic acids is 1. The minimum Gasteiger partial charge on any atom is -0.457 e. The van der Waals surface area contributed by atoms with Crippen LogP contribution < -0.4 is 15.8 Å². The minimum absolute atomic E-state index is 0.162. The molecule has 24 heavy (non-hydrogen) atoms. The number of benzene rings is 1.